The quantitative estimate of drug-likeness (QED) is 0.897. The Morgan fingerprint density at radius 1 is 1.42 bits per heavy atom. The Labute approximate surface area is 119 Å². The third-order valence-electron chi connectivity index (χ3n) is 2.83. The first-order valence-corrected chi connectivity index (χ1v) is 6.36. The molecule has 106 valence electrons. The molecule has 1 N–H and O–H groups in total. The molecule has 6 heteroatoms. The molecule has 0 saturated carbocycles. The summed E-state index contributed by atoms with van der Waals surface area (Å²) in [5.41, 5.74) is -0.375. The summed E-state index contributed by atoms with van der Waals surface area (Å²) in [5.74, 6) is -0.924. The predicted molar refractivity (Wildman–Crippen MR) is 72.5 cm³/mol. The van der Waals surface area contributed by atoms with Crippen molar-refractivity contribution in [2.24, 2.45) is 0 Å². The Balaban J connectivity index is 3.55. The Morgan fingerprint density at radius 3 is 2.42 bits per heavy atom. The molecular formula is C13H16BrFO4. The fraction of sp³-hybridized carbons (Fsp3) is 0.462. The van der Waals surface area contributed by atoms with Crippen LogP contribution in [0.4, 0.5) is 4.39 Å². The Kier molecular flexibility index (Phi) is 4.79. The molecule has 0 aliphatic carbocycles. The lowest BCUT2D eigenvalue weighted by molar-refractivity contribution is -0.138. The van der Waals surface area contributed by atoms with E-state index in [0.29, 0.717) is 11.3 Å². The number of benzene rings is 1. The molecule has 1 aromatic rings. The molecule has 0 aliphatic rings. The monoisotopic (exact) mass is 334 g/mol. The van der Waals surface area contributed by atoms with E-state index in [1.807, 2.05) is 0 Å². The molecule has 1 aromatic carbocycles. The van der Waals surface area contributed by atoms with Crippen LogP contribution in [0.3, 0.4) is 0 Å². The molecular weight excluding hydrogens is 319 g/mol. The summed E-state index contributed by atoms with van der Waals surface area (Å²) in [6, 6.07) is 1.20. The van der Waals surface area contributed by atoms with E-state index in [4.69, 9.17) is 14.6 Å². The molecule has 0 radical (unpaired) electrons. The largest absolute Gasteiger partial charge is 0.493 e. The SMILES string of the molecule is COc1cc(F)c(Br)c(C(C)(C)CC(=O)O)c1OC. The smallest absolute Gasteiger partial charge is 0.304 e. The fourth-order valence-electron chi connectivity index (χ4n) is 2.01. The van der Waals surface area contributed by atoms with E-state index in [-0.39, 0.29) is 16.6 Å². The second-order valence-corrected chi connectivity index (χ2v) is 5.53. The second kappa shape index (κ2) is 5.77. The average molecular weight is 335 g/mol. The van der Waals surface area contributed by atoms with Gasteiger partial charge >= 0.3 is 5.97 Å². The summed E-state index contributed by atoms with van der Waals surface area (Å²) < 4.78 is 24.4. The maximum atomic E-state index is 13.9. The predicted octanol–water partition coefficient (Wildman–Crippen LogP) is 3.36. The van der Waals surface area contributed by atoms with Crippen LogP contribution in [-0.2, 0) is 10.2 Å². The molecule has 0 amide bonds. The molecule has 0 heterocycles. The zero-order valence-electron chi connectivity index (χ0n) is 11.2. The van der Waals surface area contributed by atoms with Gasteiger partial charge in [0.2, 0.25) is 0 Å². The van der Waals surface area contributed by atoms with Gasteiger partial charge in [-0.2, -0.15) is 0 Å². The van der Waals surface area contributed by atoms with E-state index in [0.717, 1.165) is 0 Å². The number of carboxylic acid groups (broad SMARTS) is 1. The van der Waals surface area contributed by atoms with E-state index < -0.39 is 17.2 Å². The molecule has 4 nitrogen and oxygen atoms in total. The summed E-state index contributed by atoms with van der Waals surface area (Å²) in [4.78, 5) is 11.0. The van der Waals surface area contributed by atoms with Gasteiger partial charge in [0, 0.05) is 17.0 Å². The lowest BCUT2D eigenvalue weighted by Crippen LogP contribution is -2.23. The van der Waals surface area contributed by atoms with Crippen molar-refractivity contribution in [3.8, 4) is 11.5 Å². The summed E-state index contributed by atoms with van der Waals surface area (Å²) in [7, 11) is 2.84. The third kappa shape index (κ3) is 3.18. The van der Waals surface area contributed by atoms with Crippen molar-refractivity contribution in [3.63, 3.8) is 0 Å². The summed E-state index contributed by atoms with van der Waals surface area (Å²) >= 11 is 3.16. The highest BCUT2D eigenvalue weighted by atomic mass is 79.9. The highest BCUT2D eigenvalue weighted by molar-refractivity contribution is 9.10. The van der Waals surface area contributed by atoms with Crippen LogP contribution in [0.15, 0.2) is 10.5 Å². The van der Waals surface area contributed by atoms with Gasteiger partial charge in [-0.25, -0.2) is 4.39 Å². The van der Waals surface area contributed by atoms with Crippen molar-refractivity contribution in [1.82, 2.24) is 0 Å². The molecule has 0 fully saturated rings. The van der Waals surface area contributed by atoms with Gasteiger partial charge in [0.15, 0.2) is 11.5 Å². The van der Waals surface area contributed by atoms with Gasteiger partial charge in [0.05, 0.1) is 25.1 Å². The van der Waals surface area contributed by atoms with Gasteiger partial charge in [-0.05, 0) is 15.9 Å². The Bertz CT molecular complexity index is 500. The van der Waals surface area contributed by atoms with Crippen LogP contribution in [0.1, 0.15) is 25.8 Å². The molecule has 19 heavy (non-hydrogen) atoms. The number of carbonyl (C=O) groups is 1. The van der Waals surface area contributed by atoms with Crippen LogP contribution in [0.5, 0.6) is 11.5 Å². The van der Waals surface area contributed by atoms with Crippen LogP contribution in [0.25, 0.3) is 0 Å². The van der Waals surface area contributed by atoms with Gasteiger partial charge in [-0.1, -0.05) is 13.8 Å². The molecule has 0 bridgehead atoms. The van der Waals surface area contributed by atoms with Gasteiger partial charge in [0.25, 0.3) is 0 Å². The first-order chi connectivity index (χ1) is 8.74. The Morgan fingerprint density at radius 2 is 2.00 bits per heavy atom. The van der Waals surface area contributed by atoms with E-state index >= 15 is 0 Å². The van der Waals surface area contributed by atoms with Gasteiger partial charge in [-0.3, -0.25) is 4.79 Å². The molecule has 0 aromatic heterocycles. The molecule has 1 rings (SSSR count). The fourth-order valence-corrected chi connectivity index (χ4v) is 2.84. The minimum atomic E-state index is -0.970. The van der Waals surface area contributed by atoms with Gasteiger partial charge < -0.3 is 14.6 Å². The molecule has 0 unspecified atom stereocenters. The zero-order valence-corrected chi connectivity index (χ0v) is 12.8. The van der Waals surface area contributed by atoms with E-state index in [2.05, 4.69) is 15.9 Å². The first kappa shape index (κ1) is 15.8. The number of hydrogen-bond acceptors (Lipinski definition) is 3. The maximum absolute atomic E-state index is 13.9. The van der Waals surface area contributed by atoms with Crippen LogP contribution < -0.4 is 9.47 Å². The van der Waals surface area contributed by atoms with Crippen molar-refractivity contribution in [2.75, 3.05) is 14.2 Å². The number of carboxylic acids is 1. The number of ether oxygens (including phenoxy) is 2. The lowest BCUT2D eigenvalue weighted by Gasteiger charge is -2.27. The van der Waals surface area contributed by atoms with Crippen LogP contribution >= 0.6 is 15.9 Å². The van der Waals surface area contributed by atoms with Gasteiger partial charge in [-0.15, -0.1) is 0 Å². The molecule has 0 aliphatic heterocycles. The van der Waals surface area contributed by atoms with Crippen LogP contribution in [-0.4, -0.2) is 25.3 Å². The third-order valence-corrected chi connectivity index (χ3v) is 3.61. The average Bonchev–Trinajstić information content (AvgIpc) is 2.29. The first-order valence-electron chi connectivity index (χ1n) is 5.56. The van der Waals surface area contributed by atoms with Crippen molar-refractivity contribution >= 4 is 21.9 Å². The minimum Gasteiger partial charge on any atom is -0.493 e. The standard InChI is InChI=1S/C13H16BrFO4/c1-13(2,6-9(16)17)10-11(14)7(15)5-8(18-3)12(10)19-4/h5H,6H2,1-4H3,(H,16,17). The normalized spacial score (nSPS) is 11.3. The van der Waals surface area contributed by atoms with Crippen molar-refractivity contribution in [2.45, 2.75) is 25.7 Å². The topological polar surface area (TPSA) is 55.8 Å². The summed E-state index contributed by atoms with van der Waals surface area (Å²) in [6.07, 6.45) is -0.158. The molecule has 0 saturated heterocycles. The van der Waals surface area contributed by atoms with Crippen LogP contribution in [0, 0.1) is 5.82 Å². The van der Waals surface area contributed by atoms with Crippen molar-refractivity contribution in [1.29, 1.82) is 0 Å². The minimum absolute atomic E-state index is 0.158. The Hall–Kier alpha value is -1.30. The van der Waals surface area contributed by atoms with Crippen molar-refractivity contribution in [3.05, 3.63) is 21.9 Å². The molecule has 0 atom stereocenters. The summed E-state index contributed by atoms with van der Waals surface area (Å²) in [6.45, 7) is 3.42. The number of aliphatic carboxylic acids is 1. The van der Waals surface area contributed by atoms with E-state index in [1.165, 1.54) is 20.3 Å². The number of rotatable bonds is 5. The highest BCUT2D eigenvalue weighted by Gasteiger charge is 2.33. The summed E-state index contributed by atoms with van der Waals surface area (Å²) in [5, 5.41) is 8.98. The lowest BCUT2D eigenvalue weighted by atomic mass is 9.80. The number of hydrogen-bond donors (Lipinski definition) is 1. The second-order valence-electron chi connectivity index (χ2n) is 4.74. The zero-order chi connectivity index (χ0) is 14.8. The number of halogens is 2. The number of methoxy groups -OCH3 is 2. The molecule has 0 spiro atoms. The van der Waals surface area contributed by atoms with E-state index in [1.54, 1.807) is 13.8 Å². The maximum Gasteiger partial charge on any atom is 0.304 e. The van der Waals surface area contributed by atoms with Gasteiger partial charge in [0.1, 0.15) is 5.82 Å². The van der Waals surface area contributed by atoms with Crippen LogP contribution in [0.2, 0.25) is 0 Å². The highest BCUT2D eigenvalue weighted by Crippen LogP contribution is 2.45. The van der Waals surface area contributed by atoms with Crippen molar-refractivity contribution < 1.29 is 23.8 Å². The van der Waals surface area contributed by atoms with E-state index in [9.17, 15) is 9.18 Å².